The molecular formula is C21H18. The van der Waals surface area contributed by atoms with Gasteiger partial charge in [0.05, 0.1) is 0 Å². The second kappa shape index (κ2) is 4.89. The average Bonchev–Trinajstić information content (AvgIpc) is 2.54. The smallest absolute Gasteiger partial charge is 0.00585 e. The van der Waals surface area contributed by atoms with Crippen molar-refractivity contribution in [1.82, 2.24) is 0 Å². The minimum Gasteiger partial charge on any atom is -0.0834 e. The summed E-state index contributed by atoms with van der Waals surface area (Å²) in [5.74, 6) is 0.519. The van der Waals surface area contributed by atoms with Crippen LogP contribution in [0, 0.1) is 0 Å². The fraction of sp³-hybridized carbons (Fsp3) is 0.143. The van der Waals surface area contributed by atoms with Gasteiger partial charge in [-0.15, -0.1) is 0 Å². The predicted molar refractivity (Wildman–Crippen MR) is 91.7 cm³/mol. The van der Waals surface area contributed by atoms with Crippen LogP contribution in [0.25, 0.3) is 21.5 Å². The molecule has 21 heavy (non-hydrogen) atoms. The SMILES string of the molecule is CC1=CC(c2ccc3c(ccc4ccccc43)c2)CC=C1. The Kier molecular flexibility index (Phi) is 2.89. The van der Waals surface area contributed by atoms with Crippen molar-refractivity contribution in [3.63, 3.8) is 0 Å². The third-order valence-corrected chi connectivity index (χ3v) is 4.43. The lowest BCUT2D eigenvalue weighted by Gasteiger charge is -2.16. The molecule has 102 valence electrons. The fourth-order valence-electron chi connectivity index (χ4n) is 3.34. The Morgan fingerprint density at radius 1 is 0.857 bits per heavy atom. The normalized spacial score (nSPS) is 18.1. The summed E-state index contributed by atoms with van der Waals surface area (Å²) in [4.78, 5) is 0. The van der Waals surface area contributed by atoms with E-state index in [2.05, 4.69) is 79.7 Å². The molecule has 0 heterocycles. The molecule has 0 aliphatic heterocycles. The van der Waals surface area contributed by atoms with E-state index >= 15 is 0 Å². The van der Waals surface area contributed by atoms with Crippen LogP contribution in [0.3, 0.4) is 0 Å². The standard InChI is InChI=1S/C21H18/c1-15-5-4-7-17(13-15)18-11-12-21-19(14-18)10-9-16-6-2-3-8-20(16)21/h2-6,8-14,17H,7H2,1H3. The molecule has 0 N–H and O–H groups in total. The van der Waals surface area contributed by atoms with E-state index in [1.165, 1.54) is 32.7 Å². The fourth-order valence-corrected chi connectivity index (χ4v) is 3.34. The summed E-state index contributed by atoms with van der Waals surface area (Å²) < 4.78 is 0. The highest BCUT2D eigenvalue weighted by molar-refractivity contribution is 6.07. The topological polar surface area (TPSA) is 0 Å². The lowest BCUT2D eigenvalue weighted by atomic mass is 9.88. The van der Waals surface area contributed by atoms with Gasteiger partial charge in [-0.2, -0.15) is 0 Å². The summed E-state index contributed by atoms with van der Waals surface area (Å²) >= 11 is 0. The van der Waals surface area contributed by atoms with Gasteiger partial charge in [0.25, 0.3) is 0 Å². The second-order valence-corrected chi connectivity index (χ2v) is 5.92. The molecule has 1 aliphatic carbocycles. The molecule has 0 saturated carbocycles. The van der Waals surface area contributed by atoms with Crippen molar-refractivity contribution in [1.29, 1.82) is 0 Å². The van der Waals surface area contributed by atoms with E-state index in [0.717, 1.165) is 6.42 Å². The minimum atomic E-state index is 0.519. The number of hydrogen-bond acceptors (Lipinski definition) is 0. The van der Waals surface area contributed by atoms with Gasteiger partial charge in [0.1, 0.15) is 0 Å². The Morgan fingerprint density at radius 3 is 2.57 bits per heavy atom. The molecule has 0 radical (unpaired) electrons. The lowest BCUT2D eigenvalue weighted by Crippen LogP contribution is -1.98. The number of hydrogen-bond donors (Lipinski definition) is 0. The van der Waals surface area contributed by atoms with Crippen molar-refractivity contribution < 1.29 is 0 Å². The van der Waals surface area contributed by atoms with Crippen molar-refractivity contribution in [2.24, 2.45) is 0 Å². The molecule has 0 nitrogen and oxygen atoms in total. The van der Waals surface area contributed by atoms with E-state index in [1.54, 1.807) is 0 Å². The summed E-state index contributed by atoms with van der Waals surface area (Å²) in [6, 6.07) is 20.0. The molecule has 0 aromatic heterocycles. The van der Waals surface area contributed by atoms with E-state index in [9.17, 15) is 0 Å². The van der Waals surface area contributed by atoms with Gasteiger partial charge in [0, 0.05) is 5.92 Å². The van der Waals surface area contributed by atoms with Crippen LogP contribution in [-0.2, 0) is 0 Å². The Hall–Kier alpha value is -2.34. The number of rotatable bonds is 1. The van der Waals surface area contributed by atoms with Gasteiger partial charge in [-0.3, -0.25) is 0 Å². The summed E-state index contributed by atoms with van der Waals surface area (Å²) in [7, 11) is 0. The first kappa shape index (κ1) is 12.4. The molecule has 0 spiro atoms. The Morgan fingerprint density at radius 2 is 1.67 bits per heavy atom. The highest BCUT2D eigenvalue weighted by Crippen LogP contribution is 2.32. The first-order valence-electron chi connectivity index (χ1n) is 7.58. The molecule has 1 unspecified atom stereocenters. The van der Waals surface area contributed by atoms with Crippen molar-refractivity contribution >= 4 is 21.5 Å². The first-order chi connectivity index (χ1) is 10.3. The molecule has 0 bridgehead atoms. The van der Waals surface area contributed by atoms with Gasteiger partial charge in [-0.1, -0.05) is 78.4 Å². The van der Waals surface area contributed by atoms with Crippen molar-refractivity contribution in [3.8, 4) is 0 Å². The average molecular weight is 270 g/mol. The molecule has 1 atom stereocenters. The molecule has 4 rings (SSSR count). The zero-order valence-electron chi connectivity index (χ0n) is 12.2. The highest BCUT2D eigenvalue weighted by Gasteiger charge is 2.11. The number of fused-ring (bicyclic) bond motifs is 3. The molecule has 0 amide bonds. The van der Waals surface area contributed by atoms with Crippen molar-refractivity contribution in [2.45, 2.75) is 19.3 Å². The predicted octanol–water partition coefficient (Wildman–Crippen LogP) is 5.98. The van der Waals surface area contributed by atoms with Crippen LogP contribution in [0.15, 0.2) is 78.4 Å². The second-order valence-electron chi connectivity index (χ2n) is 5.92. The van der Waals surface area contributed by atoms with Crippen LogP contribution >= 0.6 is 0 Å². The molecule has 0 heteroatoms. The van der Waals surface area contributed by atoms with Gasteiger partial charge in [-0.05, 0) is 40.5 Å². The van der Waals surface area contributed by atoms with Crippen LogP contribution in [-0.4, -0.2) is 0 Å². The van der Waals surface area contributed by atoms with Crippen molar-refractivity contribution in [3.05, 3.63) is 84.0 Å². The van der Waals surface area contributed by atoms with Gasteiger partial charge >= 0.3 is 0 Å². The molecule has 0 fully saturated rings. The zero-order chi connectivity index (χ0) is 14.2. The number of allylic oxidation sites excluding steroid dienone is 4. The molecule has 1 aliphatic rings. The molecule has 3 aromatic carbocycles. The summed E-state index contributed by atoms with van der Waals surface area (Å²) in [5, 5.41) is 5.35. The number of benzene rings is 3. The Bertz CT molecular complexity index is 881. The van der Waals surface area contributed by atoms with E-state index < -0.39 is 0 Å². The van der Waals surface area contributed by atoms with E-state index in [1.807, 2.05) is 0 Å². The van der Waals surface area contributed by atoms with Crippen LogP contribution in [0.1, 0.15) is 24.8 Å². The maximum absolute atomic E-state index is 2.38. The van der Waals surface area contributed by atoms with Crippen LogP contribution in [0.5, 0.6) is 0 Å². The monoisotopic (exact) mass is 270 g/mol. The third kappa shape index (κ3) is 2.17. The quantitative estimate of drug-likeness (QED) is 0.477. The molecule has 3 aromatic rings. The van der Waals surface area contributed by atoms with E-state index in [4.69, 9.17) is 0 Å². The van der Waals surface area contributed by atoms with Gasteiger partial charge < -0.3 is 0 Å². The lowest BCUT2D eigenvalue weighted by molar-refractivity contribution is 0.845. The van der Waals surface area contributed by atoms with E-state index in [0.29, 0.717) is 5.92 Å². The van der Waals surface area contributed by atoms with Gasteiger partial charge in [-0.25, -0.2) is 0 Å². The molecule has 0 saturated heterocycles. The zero-order valence-corrected chi connectivity index (χ0v) is 12.2. The van der Waals surface area contributed by atoms with Gasteiger partial charge in [0.2, 0.25) is 0 Å². The van der Waals surface area contributed by atoms with Crippen LogP contribution in [0.4, 0.5) is 0 Å². The Balaban J connectivity index is 1.87. The summed E-state index contributed by atoms with van der Waals surface area (Å²) in [6.45, 7) is 2.18. The largest absolute Gasteiger partial charge is 0.0834 e. The maximum atomic E-state index is 2.38. The summed E-state index contributed by atoms with van der Waals surface area (Å²) in [6.07, 6.45) is 7.98. The first-order valence-corrected chi connectivity index (χ1v) is 7.58. The minimum absolute atomic E-state index is 0.519. The molecular weight excluding hydrogens is 252 g/mol. The van der Waals surface area contributed by atoms with E-state index in [-0.39, 0.29) is 0 Å². The van der Waals surface area contributed by atoms with Crippen LogP contribution < -0.4 is 0 Å². The Labute approximate surface area is 125 Å². The third-order valence-electron chi connectivity index (χ3n) is 4.43. The summed E-state index contributed by atoms with van der Waals surface area (Å²) in [5.41, 5.74) is 2.78. The highest BCUT2D eigenvalue weighted by atomic mass is 14.2. The van der Waals surface area contributed by atoms with Crippen molar-refractivity contribution in [2.75, 3.05) is 0 Å². The van der Waals surface area contributed by atoms with Gasteiger partial charge in [0.15, 0.2) is 0 Å². The maximum Gasteiger partial charge on any atom is 0.00585 e. The van der Waals surface area contributed by atoms with Crippen LogP contribution in [0.2, 0.25) is 0 Å².